The number of hydrogen-bond acceptors (Lipinski definition) is 4. The molecule has 2 aliphatic rings. The zero-order valence-electron chi connectivity index (χ0n) is 16.6. The fourth-order valence-corrected chi connectivity index (χ4v) is 5.38. The lowest BCUT2D eigenvalue weighted by molar-refractivity contribution is -0.138. The van der Waals surface area contributed by atoms with E-state index in [4.69, 9.17) is 4.74 Å². The van der Waals surface area contributed by atoms with Crippen LogP contribution in [0, 0.1) is 12.8 Å². The quantitative estimate of drug-likeness (QED) is 0.783. The normalized spacial score (nSPS) is 21.8. The van der Waals surface area contributed by atoms with Crippen LogP contribution in [0.1, 0.15) is 41.8 Å². The molecule has 6 heteroatoms. The summed E-state index contributed by atoms with van der Waals surface area (Å²) in [5.41, 5.74) is 3.10. The van der Waals surface area contributed by atoms with Crippen LogP contribution in [0.3, 0.4) is 0 Å². The van der Waals surface area contributed by atoms with Crippen molar-refractivity contribution in [2.75, 3.05) is 25.1 Å². The summed E-state index contributed by atoms with van der Waals surface area (Å²) in [6, 6.07) is 8.07. The first-order valence-corrected chi connectivity index (χ1v) is 10.7. The molecule has 0 saturated carbocycles. The number of carbonyl (C=O) groups excluding carboxylic acids is 2. The van der Waals surface area contributed by atoms with E-state index in [1.54, 1.807) is 23.3 Å². The second kappa shape index (κ2) is 7.59. The van der Waals surface area contributed by atoms with E-state index in [2.05, 4.69) is 18.4 Å². The van der Waals surface area contributed by atoms with Crippen molar-refractivity contribution in [2.45, 2.75) is 39.2 Å². The van der Waals surface area contributed by atoms with E-state index in [-0.39, 0.29) is 30.2 Å². The monoisotopic (exact) mass is 398 g/mol. The summed E-state index contributed by atoms with van der Waals surface area (Å²) in [7, 11) is 1.61. The molecule has 1 aromatic heterocycles. The molecule has 2 unspecified atom stereocenters. The van der Waals surface area contributed by atoms with E-state index in [0.717, 1.165) is 30.6 Å². The highest BCUT2D eigenvalue weighted by atomic mass is 32.1. The van der Waals surface area contributed by atoms with Gasteiger partial charge in [-0.2, -0.15) is 0 Å². The van der Waals surface area contributed by atoms with Gasteiger partial charge in [0.2, 0.25) is 11.8 Å². The lowest BCUT2D eigenvalue weighted by Crippen LogP contribution is -2.43. The Kier molecular flexibility index (Phi) is 5.15. The number of carbonyl (C=O) groups is 2. The summed E-state index contributed by atoms with van der Waals surface area (Å²) in [6.07, 6.45) is 2.07. The summed E-state index contributed by atoms with van der Waals surface area (Å²) in [5.74, 6) is 0.459. The lowest BCUT2D eigenvalue weighted by atomic mass is 9.95. The molecule has 2 aliphatic heterocycles. The van der Waals surface area contributed by atoms with E-state index >= 15 is 0 Å². The number of rotatable bonds is 4. The van der Waals surface area contributed by atoms with Gasteiger partial charge in [-0.05, 0) is 54.5 Å². The predicted octanol–water partition coefficient (Wildman–Crippen LogP) is 3.95. The Bertz CT molecular complexity index is 907. The zero-order valence-corrected chi connectivity index (χ0v) is 17.4. The van der Waals surface area contributed by atoms with Crippen LogP contribution in [0.4, 0.5) is 5.69 Å². The number of nitrogens with zero attached hydrogens (tertiary/aromatic N) is 2. The van der Waals surface area contributed by atoms with E-state index in [1.165, 1.54) is 10.4 Å². The molecule has 2 atom stereocenters. The number of hydrogen-bond donors (Lipinski definition) is 0. The van der Waals surface area contributed by atoms with Crippen LogP contribution in [0.15, 0.2) is 29.6 Å². The average Bonchev–Trinajstić information content (AvgIpc) is 3.33. The highest BCUT2D eigenvalue weighted by molar-refractivity contribution is 7.10. The Morgan fingerprint density at radius 1 is 1.32 bits per heavy atom. The largest absolute Gasteiger partial charge is 0.495 e. The maximum absolute atomic E-state index is 13.4. The van der Waals surface area contributed by atoms with Crippen LogP contribution in [0.25, 0.3) is 0 Å². The number of anilines is 1. The molecule has 0 aliphatic carbocycles. The van der Waals surface area contributed by atoms with Gasteiger partial charge in [0.25, 0.3) is 0 Å². The number of aryl methyl sites for hydroxylation is 1. The highest BCUT2D eigenvalue weighted by Crippen LogP contribution is 2.38. The maximum Gasteiger partial charge on any atom is 0.228 e. The van der Waals surface area contributed by atoms with Crippen LogP contribution < -0.4 is 9.64 Å². The minimum Gasteiger partial charge on any atom is -0.495 e. The highest BCUT2D eigenvalue weighted by Gasteiger charge is 2.41. The first kappa shape index (κ1) is 19.0. The Labute approximate surface area is 169 Å². The average molecular weight is 399 g/mol. The number of benzene rings is 1. The molecule has 28 heavy (non-hydrogen) atoms. The first-order valence-electron chi connectivity index (χ1n) is 9.85. The Hall–Kier alpha value is -2.34. The molecule has 2 amide bonds. The molecule has 1 saturated heterocycles. The summed E-state index contributed by atoms with van der Waals surface area (Å²) in [4.78, 5) is 31.2. The summed E-state index contributed by atoms with van der Waals surface area (Å²) >= 11 is 1.78. The third-order valence-electron chi connectivity index (χ3n) is 5.86. The summed E-state index contributed by atoms with van der Waals surface area (Å²) in [5, 5.41) is 2.12. The molecule has 5 nitrogen and oxygen atoms in total. The fourth-order valence-electron chi connectivity index (χ4n) is 4.45. The van der Waals surface area contributed by atoms with Crippen LogP contribution in [-0.4, -0.2) is 36.9 Å². The molecule has 1 aromatic carbocycles. The Balaban J connectivity index is 1.56. The SMILES string of the molecule is CCC1c2ccsc2CCN1C(=O)C1CC(=O)N(c2cc(C)ccc2OC)C1. The molecular weight excluding hydrogens is 372 g/mol. The van der Waals surface area contributed by atoms with E-state index in [9.17, 15) is 9.59 Å². The topological polar surface area (TPSA) is 49.9 Å². The number of methoxy groups -OCH3 is 1. The molecule has 0 N–H and O–H groups in total. The van der Waals surface area contributed by atoms with Gasteiger partial charge in [-0.25, -0.2) is 0 Å². The second-order valence-corrected chi connectivity index (χ2v) is 8.59. The summed E-state index contributed by atoms with van der Waals surface area (Å²) in [6.45, 7) is 5.27. The standard InChI is InChI=1S/C22H26N2O3S/c1-4-17-16-8-10-28-20(16)7-9-23(17)22(26)15-12-21(25)24(13-15)18-11-14(2)5-6-19(18)27-3/h5-6,8,10-11,15,17H,4,7,9,12-13H2,1-3H3. The number of amides is 2. The first-order chi connectivity index (χ1) is 13.5. The Morgan fingerprint density at radius 3 is 2.89 bits per heavy atom. The van der Waals surface area contributed by atoms with Gasteiger partial charge >= 0.3 is 0 Å². The van der Waals surface area contributed by atoms with Gasteiger partial charge in [-0.1, -0.05) is 13.0 Å². The van der Waals surface area contributed by atoms with Gasteiger partial charge in [0.05, 0.1) is 24.8 Å². The van der Waals surface area contributed by atoms with Gasteiger partial charge in [-0.3, -0.25) is 9.59 Å². The smallest absolute Gasteiger partial charge is 0.228 e. The summed E-state index contributed by atoms with van der Waals surface area (Å²) < 4.78 is 5.45. The minimum atomic E-state index is -0.299. The molecular formula is C22H26N2O3S. The van der Waals surface area contributed by atoms with Gasteiger partial charge in [0.1, 0.15) is 5.75 Å². The van der Waals surface area contributed by atoms with E-state index in [0.29, 0.717) is 12.3 Å². The lowest BCUT2D eigenvalue weighted by Gasteiger charge is -2.37. The van der Waals surface area contributed by atoms with Crippen molar-refractivity contribution >= 4 is 28.8 Å². The van der Waals surface area contributed by atoms with E-state index in [1.807, 2.05) is 30.0 Å². The van der Waals surface area contributed by atoms with Crippen LogP contribution in [-0.2, 0) is 16.0 Å². The third-order valence-corrected chi connectivity index (χ3v) is 6.86. The van der Waals surface area contributed by atoms with Gasteiger partial charge in [0, 0.05) is 24.4 Å². The maximum atomic E-state index is 13.4. The van der Waals surface area contributed by atoms with Crippen molar-refractivity contribution in [3.8, 4) is 5.75 Å². The molecule has 4 rings (SSSR count). The molecule has 0 bridgehead atoms. The molecule has 148 valence electrons. The predicted molar refractivity (Wildman–Crippen MR) is 111 cm³/mol. The number of thiophene rings is 1. The van der Waals surface area contributed by atoms with Gasteiger partial charge in [-0.15, -0.1) is 11.3 Å². The van der Waals surface area contributed by atoms with E-state index < -0.39 is 0 Å². The molecule has 3 heterocycles. The molecule has 0 radical (unpaired) electrons. The molecule has 1 fully saturated rings. The van der Waals surface area contributed by atoms with Crippen molar-refractivity contribution in [3.05, 3.63) is 45.6 Å². The van der Waals surface area contributed by atoms with Gasteiger partial charge < -0.3 is 14.5 Å². The van der Waals surface area contributed by atoms with Crippen LogP contribution in [0.2, 0.25) is 0 Å². The zero-order chi connectivity index (χ0) is 19.8. The minimum absolute atomic E-state index is 0.0106. The van der Waals surface area contributed by atoms with Crippen molar-refractivity contribution in [1.82, 2.24) is 4.90 Å². The fraction of sp³-hybridized carbons (Fsp3) is 0.455. The van der Waals surface area contributed by atoms with Crippen molar-refractivity contribution < 1.29 is 14.3 Å². The van der Waals surface area contributed by atoms with Gasteiger partial charge in [0.15, 0.2) is 0 Å². The van der Waals surface area contributed by atoms with Crippen LogP contribution >= 0.6 is 11.3 Å². The number of fused-ring (bicyclic) bond motifs is 1. The molecule has 2 aromatic rings. The number of ether oxygens (including phenoxy) is 1. The van der Waals surface area contributed by atoms with Crippen molar-refractivity contribution in [3.63, 3.8) is 0 Å². The molecule has 0 spiro atoms. The van der Waals surface area contributed by atoms with Crippen molar-refractivity contribution in [2.24, 2.45) is 5.92 Å². The third kappa shape index (κ3) is 3.20. The Morgan fingerprint density at radius 2 is 2.14 bits per heavy atom. The van der Waals surface area contributed by atoms with Crippen molar-refractivity contribution in [1.29, 1.82) is 0 Å². The second-order valence-electron chi connectivity index (χ2n) is 7.59. The van der Waals surface area contributed by atoms with Crippen LogP contribution in [0.5, 0.6) is 5.75 Å².